The van der Waals surface area contributed by atoms with E-state index in [0.29, 0.717) is 5.56 Å². The molecule has 118 valence electrons. The molecule has 1 aliphatic heterocycles. The molecule has 1 aliphatic rings. The number of ketones is 1. The number of hydrogen-bond donors (Lipinski definition) is 1. The highest BCUT2D eigenvalue weighted by Gasteiger charge is 2.10. The first-order chi connectivity index (χ1) is 11.2. The van der Waals surface area contributed by atoms with Gasteiger partial charge in [0.05, 0.1) is 5.56 Å². The van der Waals surface area contributed by atoms with Gasteiger partial charge in [0.1, 0.15) is 5.75 Å². The van der Waals surface area contributed by atoms with E-state index in [0.717, 1.165) is 18.7 Å². The van der Waals surface area contributed by atoms with Crippen LogP contribution in [-0.2, 0) is 0 Å². The summed E-state index contributed by atoms with van der Waals surface area (Å²) in [4.78, 5) is 14.5. The molecular formula is C20H21NO2. The van der Waals surface area contributed by atoms with Crippen LogP contribution in [0.15, 0.2) is 54.6 Å². The Morgan fingerprint density at radius 2 is 1.65 bits per heavy atom. The van der Waals surface area contributed by atoms with E-state index < -0.39 is 0 Å². The Kier molecular flexibility index (Phi) is 4.77. The fraction of sp³-hybridized carbons (Fsp3) is 0.250. The van der Waals surface area contributed by atoms with E-state index in [9.17, 15) is 9.90 Å². The van der Waals surface area contributed by atoms with Gasteiger partial charge in [-0.2, -0.15) is 0 Å². The number of nitrogens with zero attached hydrogens (tertiary/aromatic N) is 1. The summed E-state index contributed by atoms with van der Waals surface area (Å²) in [5.74, 6) is -0.175. The summed E-state index contributed by atoms with van der Waals surface area (Å²) in [5.41, 5.74) is 2.55. The molecule has 0 atom stereocenters. The number of allylic oxidation sites excluding steroid dienone is 1. The lowest BCUT2D eigenvalue weighted by Gasteiger charge is -2.28. The Balaban J connectivity index is 1.68. The molecule has 0 aromatic heterocycles. The van der Waals surface area contributed by atoms with Crippen molar-refractivity contribution in [2.45, 2.75) is 19.3 Å². The maximum absolute atomic E-state index is 12.1. The Bertz CT molecular complexity index is 698. The van der Waals surface area contributed by atoms with Crippen LogP contribution in [0.1, 0.15) is 35.2 Å². The number of piperidine rings is 1. The molecule has 1 saturated heterocycles. The Hall–Kier alpha value is -2.55. The van der Waals surface area contributed by atoms with Gasteiger partial charge in [-0.05, 0) is 55.2 Å². The molecule has 3 rings (SSSR count). The SMILES string of the molecule is O=C(/C=C/c1ccc(N2CCCCC2)cc1)c1ccccc1O. The monoisotopic (exact) mass is 307 g/mol. The number of anilines is 1. The highest BCUT2D eigenvalue weighted by molar-refractivity contribution is 6.08. The quantitative estimate of drug-likeness (QED) is 0.677. The van der Waals surface area contributed by atoms with Crippen LogP contribution in [0.25, 0.3) is 6.08 Å². The Labute approximate surface area is 136 Å². The van der Waals surface area contributed by atoms with E-state index >= 15 is 0 Å². The summed E-state index contributed by atoms with van der Waals surface area (Å²) >= 11 is 0. The highest BCUT2D eigenvalue weighted by atomic mass is 16.3. The van der Waals surface area contributed by atoms with Gasteiger partial charge in [0.15, 0.2) is 5.78 Å². The number of phenolic OH excluding ortho intramolecular Hbond substituents is 1. The molecule has 0 unspecified atom stereocenters. The Morgan fingerprint density at radius 3 is 2.35 bits per heavy atom. The number of carbonyl (C=O) groups excluding carboxylic acids is 1. The number of rotatable bonds is 4. The van der Waals surface area contributed by atoms with Crippen LogP contribution in [0.4, 0.5) is 5.69 Å². The van der Waals surface area contributed by atoms with Crippen molar-refractivity contribution in [3.63, 3.8) is 0 Å². The number of aromatic hydroxyl groups is 1. The maximum atomic E-state index is 12.1. The van der Waals surface area contributed by atoms with Crippen LogP contribution < -0.4 is 4.90 Å². The van der Waals surface area contributed by atoms with Gasteiger partial charge < -0.3 is 10.0 Å². The van der Waals surface area contributed by atoms with E-state index in [4.69, 9.17) is 0 Å². The molecule has 0 radical (unpaired) electrons. The minimum absolute atomic E-state index is 0.0163. The Morgan fingerprint density at radius 1 is 0.957 bits per heavy atom. The minimum Gasteiger partial charge on any atom is -0.507 e. The molecule has 1 N–H and O–H groups in total. The first kappa shape index (κ1) is 15.3. The second-order valence-corrected chi connectivity index (χ2v) is 5.85. The molecule has 0 amide bonds. The van der Waals surface area contributed by atoms with Gasteiger partial charge >= 0.3 is 0 Å². The molecule has 0 aliphatic carbocycles. The zero-order valence-electron chi connectivity index (χ0n) is 13.1. The molecule has 23 heavy (non-hydrogen) atoms. The smallest absolute Gasteiger partial charge is 0.189 e. The van der Waals surface area contributed by atoms with Crippen molar-refractivity contribution >= 4 is 17.5 Å². The van der Waals surface area contributed by atoms with Crippen molar-refractivity contribution in [1.82, 2.24) is 0 Å². The van der Waals surface area contributed by atoms with E-state index in [1.165, 1.54) is 37.1 Å². The fourth-order valence-corrected chi connectivity index (χ4v) is 2.89. The second-order valence-electron chi connectivity index (χ2n) is 5.85. The predicted octanol–water partition coefficient (Wildman–Crippen LogP) is 4.28. The summed E-state index contributed by atoms with van der Waals surface area (Å²) < 4.78 is 0. The summed E-state index contributed by atoms with van der Waals surface area (Å²) in [5, 5.41) is 9.70. The normalized spacial score (nSPS) is 15.0. The van der Waals surface area contributed by atoms with Crippen molar-refractivity contribution in [1.29, 1.82) is 0 Å². The molecule has 1 fully saturated rings. The molecule has 3 heteroatoms. The molecular weight excluding hydrogens is 286 g/mol. The minimum atomic E-state index is -0.191. The lowest BCUT2D eigenvalue weighted by Crippen LogP contribution is -2.29. The zero-order chi connectivity index (χ0) is 16.1. The standard InChI is InChI=1S/C20H21NO2/c22-19-7-3-2-6-18(19)20(23)13-10-16-8-11-17(12-9-16)21-14-4-1-5-15-21/h2-3,6-13,22H,1,4-5,14-15H2/b13-10+. The largest absolute Gasteiger partial charge is 0.507 e. The lowest BCUT2D eigenvalue weighted by molar-refractivity contribution is 0.104. The molecule has 3 nitrogen and oxygen atoms in total. The van der Waals surface area contributed by atoms with E-state index in [-0.39, 0.29) is 11.5 Å². The average molecular weight is 307 g/mol. The molecule has 0 spiro atoms. The van der Waals surface area contributed by atoms with Crippen molar-refractivity contribution in [2.75, 3.05) is 18.0 Å². The van der Waals surface area contributed by atoms with Crippen molar-refractivity contribution in [3.8, 4) is 5.75 Å². The summed E-state index contributed by atoms with van der Waals surface area (Å²) in [6.07, 6.45) is 7.14. The summed E-state index contributed by atoms with van der Waals surface area (Å²) in [6.45, 7) is 2.25. The molecule has 2 aromatic carbocycles. The molecule has 1 heterocycles. The van der Waals surface area contributed by atoms with Crippen LogP contribution >= 0.6 is 0 Å². The number of benzene rings is 2. The highest BCUT2D eigenvalue weighted by Crippen LogP contribution is 2.21. The van der Waals surface area contributed by atoms with Crippen LogP contribution in [-0.4, -0.2) is 24.0 Å². The van der Waals surface area contributed by atoms with Gasteiger partial charge in [-0.25, -0.2) is 0 Å². The number of hydrogen-bond acceptors (Lipinski definition) is 3. The first-order valence-electron chi connectivity index (χ1n) is 8.09. The van der Waals surface area contributed by atoms with Gasteiger partial charge in [-0.15, -0.1) is 0 Å². The summed E-state index contributed by atoms with van der Waals surface area (Å²) in [7, 11) is 0. The fourth-order valence-electron chi connectivity index (χ4n) is 2.89. The van der Waals surface area contributed by atoms with Crippen LogP contribution in [0, 0.1) is 0 Å². The van der Waals surface area contributed by atoms with Crippen LogP contribution in [0.3, 0.4) is 0 Å². The molecule has 0 saturated carbocycles. The second kappa shape index (κ2) is 7.14. The number of para-hydroxylation sites is 1. The van der Waals surface area contributed by atoms with Gasteiger partial charge in [-0.3, -0.25) is 4.79 Å². The third-order valence-electron chi connectivity index (χ3n) is 4.21. The van der Waals surface area contributed by atoms with Gasteiger partial charge in [0.25, 0.3) is 0 Å². The van der Waals surface area contributed by atoms with Gasteiger partial charge in [-0.1, -0.05) is 30.3 Å². The third kappa shape index (κ3) is 3.81. The topological polar surface area (TPSA) is 40.5 Å². The zero-order valence-corrected chi connectivity index (χ0v) is 13.1. The van der Waals surface area contributed by atoms with Gasteiger partial charge in [0, 0.05) is 18.8 Å². The number of phenols is 1. The summed E-state index contributed by atoms with van der Waals surface area (Å²) in [6, 6.07) is 14.9. The lowest BCUT2D eigenvalue weighted by atomic mass is 10.1. The molecule has 0 bridgehead atoms. The van der Waals surface area contributed by atoms with E-state index in [1.807, 2.05) is 12.1 Å². The number of carbonyl (C=O) groups is 1. The van der Waals surface area contributed by atoms with Crippen LogP contribution in [0.2, 0.25) is 0 Å². The average Bonchev–Trinajstić information content (AvgIpc) is 2.61. The van der Waals surface area contributed by atoms with E-state index in [1.54, 1.807) is 24.3 Å². The van der Waals surface area contributed by atoms with E-state index in [2.05, 4.69) is 17.0 Å². The van der Waals surface area contributed by atoms with Crippen LogP contribution in [0.5, 0.6) is 5.75 Å². The van der Waals surface area contributed by atoms with Crippen molar-refractivity contribution in [2.24, 2.45) is 0 Å². The van der Waals surface area contributed by atoms with Crippen molar-refractivity contribution in [3.05, 3.63) is 65.7 Å². The maximum Gasteiger partial charge on any atom is 0.189 e. The third-order valence-corrected chi connectivity index (χ3v) is 4.21. The van der Waals surface area contributed by atoms with Crippen molar-refractivity contribution < 1.29 is 9.90 Å². The predicted molar refractivity (Wildman–Crippen MR) is 94.0 cm³/mol. The first-order valence-corrected chi connectivity index (χ1v) is 8.09. The van der Waals surface area contributed by atoms with Gasteiger partial charge in [0.2, 0.25) is 0 Å². The molecule has 2 aromatic rings.